The number of allylic oxidation sites excluding steroid dienone is 2. The van der Waals surface area contributed by atoms with Gasteiger partial charge in [0.1, 0.15) is 5.75 Å². The van der Waals surface area contributed by atoms with Crippen LogP contribution in [0.1, 0.15) is 43.7 Å². The first kappa shape index (κ1) is 23.3. The van der Waals surface area contributed by atoms with Gasteiger partial charge in [-0.1, -0.05) is 37.6 Å². The second-order valence-corrected chi connectivity index (χ2v) is 10.1. The van der Waals surface area contributed by atoms with Gasteiger partial charge < -0.3 is 19.5 Å². The van der Waals surface area contributed by atoms with Gasteiger partial charge in [0.25, 0.3) is 0 Å². The van der Waals surface area contributed by atoms with E-state index in [9.17, 15) is 4.79 Å². The molecule has 0 radical (unpaired) electrons. The van der Waals surface area contributed by atoms with Gasteiger partial charge in [0.05, 0.1) is 27.0 Å². The van der Waals surface area contributed by atoms with Crippen molar-refractivity contribution in [3.63, 3.8) is 0 Å². The van der Waals surface area contributed by atoms with E-state index < -0.39 is 5.92 Å². The molecule has 182 valence electrons. The molecule has 2 N–H and O–H groups in total. The van der Waals surface area contributed by atoms with Crippen LogP contribution in [0.15, 0.2) is 47.7 Å². The summed E-state index contributed by atoms with van der Waals surface area (Å²) in [5.74, 6) is 2.11. The highest BCUT2D eigenvalue weighted by Gasteiger charge is 2.44. The maximum atomic E-state index is 13.7. The number of halogens is 1. The van der Waals surface area contributed by atoms with Gasteiger partial charge in [-0.15, -0.1) is 0 Å². The fourth-order valence-electron chi connectivity index (χ4n) is 5.22. The van der Waals surface area contributed by atoms with E-state index in [1.807, 2.05) is 30.3 Å². The standard InChI is InChI=1S/C27H28ClN3O4/c1-27(2)12-17-23(18(32)13-27)22(16-10-20(34-4)21(35-5)11-19(16)33-3)24-25(30-31-26(24)29-17)14-6-8-15(28)9-7-14/h6-11,22H,12-13H2,1-5H3,(H2,29,30,31)/t22-/m1/s1. The number of hydrogen-bond acceptors (Lipinski definition) is 6. The lowest BCUT2D eigenvalue weighted by Gasteiger charge is -2.38. The van der Waals surface area contributed by atoms with Crippen LogP contribution < -0.4 is 19.5 Å². The Morgan fingerprint density at radius 1 is 0.971 bits per heavy atom. The van der Waals surface area contributed by atoms with Crippen molar-refractivity contribution in [1.29, 1.82) is 0 Å². The Bertz CT molecular complexity index is 1340. The van der Waals surface area contributed by atoms with Gasteiger partial charge in [-0.05, 0) is 30.0 Å². The maximum Gasteiger partial charge on any atom is 0.164 e. The molecule has 5 rings (SSSR count). The van der Waals surface area contributed by atoms with Gasteiger partial charge in [-0.25, -0.2) is 0 Å². The summed E-state index contributed by atoms with van der Waals surface area (Å²) in [6, 6.07) is 11.3. The van der Waals surface area contributed by atoms with E-state index in [4.69, 9.17) is 25.8 Å². The minimum atomic E-state index is -0.413. The van der Waals surface area contributed by atoms with E-state index in [1.165, 1.54) is 0 Å². The fourth-order valence-corrected chi connectivity index (χ4v) is 5.35. The zero-order valence-electron chi connectivity index (χ0n) is 20.4. The molecule has 35 heavy (non-hydrogen) atoms. The molecule has 7 nitrogen and oxygen atoms in total. The molecule has 0 amide bonds. The molecule has 2 heterocycles. The molecular formula is C27H28ClN3O4. The summed E-state index contributed by atoms with van der Waals surface area (Å²) in [5.41, 5.74) is 4.91. The number of fused-ring (bicyclic) bond motifs is 1. The predicted octanol–water partition coefficient (Wildman–Crippen LogP) is 5.96. The normalized spacial score (nSPS) is 18.5. The summed E-state index contributed by atoms with van der Waals surface area (Å²) in [6.07, 6.45) is 1.20. The van der Waals surface area contributed by atoms with E-state index in [2.05, 4.69) is 29.4 Å². The molecule has 1 aliphatic carbocycles. The van der Waals surface area contributed by atoms with E-state index >= 15 is 0 Å². The molecule has 3 aromatic rings. The summed E-state index contributed by atoms with van der Waals surface area (Å²) in [4.78, 5) is 13.7. The SMILES string of the molecule is COc1cc(OC)c([C@@H]2C3=C(CC(C)(C)CC3=O)Nc3n[nH]c(-c4ccc(Cl)cc4)c32)cc1OC. The molecule has 1 atom stereocenters. The van der Waals surface area contributed by atoms with Crippen LogP contribution >= 0.6 is 11.6 Å². The maximum absolute atomic E-state index is 13.7. The number of rotatable bonds is 5. The van der Waals surface area contributed by atoms with E-state index in [0.717, 1.165) is 40.1 Å². The smallest absolute Gasteiger partial charge is 0.164 e. The molecule has 0 spiro atoms. The lowest BCUT2D eigenvalue weighted by Crippen LogP contribution is -2.33. The largest absolute Gasteiger partial charge is 0.496 e. The molecule has 2 aromatic carbocycles. The number of ether oxygens (including phenoxy) is 3. The fraction of sp³-hybridized carbons (Fsp3) is 0.333. The minimum Gasteiger partial charge on any atom is -0.496 e. The number of nitrogens with zero attached hydrogens (tertiary/aromatic N) is 1. The highest BCUT2D eigenvalue weighted by molar-refractivity contribution is 6.30. The van der Waals surface area contributed by atoms with Crippen LogP contribution in [0.4, 0.5) is 5.82 Å². The number of hydrogen-bond donors (Lipinski definition) is 2. The Morgan fingerprint density at radius 2 is 1.63 bits per heavy atom. The topological polar surface area (TPSA) is 85.5 Å². The highest BCUT2D eigenvalue weighted by Crippen LogP contribution is 2.53. The monoisotopic (exact) mass is 493 g/mol. The molecular weight excluding hydrogens is 466 g/mol. The molecule has 0 unspecified atom stereocenters. The van der Waals surface area contributed by atoms with Crippen LogP contribution in [0.3, 0.4) is 0 Å². The van der Waals surface area contributed by atoms with Crippen molar-refractivity contribution in [2.24, 2.45) is 5.41 Å². The number of methoxy groups -OCH3 is 3. The Morgan fingerprint density at radius 3 is 2.29 bits per heavy atom. The Hall–Kier alpha value is -3.45. The molecule has 0 fully saturated rings. The van der Waals surface area contributed by atoms with Crippen molar-refractivity contribution < 1.29 is 19.0 Å². The van der Waals surface area contributed by atoms with Gasteiger partial charge in [0.2, 0.25) is 0 Å². The quantitative estimate of drug-likeness (QED) is 0.456. The van der Waals surface area contributed by atoms with E-state index in [1.54, 1.807) is 27.4 Å². The van der Waals surface area contributed by atoms with Crippen LogP contribution in [0, 0.1) is 5.41 Å². The molecule has 1 aliphatic heterocycles. The number of Topliss-reactive ketones (excluding diaryl/α,β-unsaturated/α-hetero) is 1. The summed E-state index contributed by atoms with van der Waals surface area (Å²) in [6.45, 7) is 4.23. The summed E-state index contributed by atoms with van der Waals surface area (Å²) in [7, 11) is 4.79. The number of aromatic amines is 1. The Kier molecular flexibility index (Phi) is 5.75. The lowest BCUT2D eigenvalue weighted by molar-refractivity contribution is -0.118. The number of aromatic nitrogens is 2. The van der Waals surface area contributed by atoms with Crippen LogP contribution in [-0.4, -0.2) is 37.3 Å². The summed E-state index contributed by atoms with van der Waals surface area (Å²) < 4.78 is 16.9. The average molecular weight is 494 g/mol. The van der Waals surface area contributed by atoms with Crippen molar-refractivity contribution in [2.45, 2.75) is 32.6 Å². The molecule has 0 saturated heterocycles. The first-order valence-electron chi connectivity index (χ1n) is 11.4. The molecule has 1 aromatic heterocycles. The number of nitrogens with one attached hydrogen (secondary N) is 2. The molecule has 8 heteroatoms. The second-order valence-electron chi connectivity index (χ2n) is 9.71. The highest BCUT2D eigenvalue weighted by atomic mass is 35.5. The number of anilines is 1. The average Bonchev–Trinajstić information content (AvgIpc) is 3.25. The van der Waals surface area contributed by atoms with Crippen molar-refractivity contribution >= 4 is 23.2 Å². The zero-order valence-corrected chi connectivity index (χ0v) is 21.2. The van der Waals surface area contributed by atoms with Crippen molar-refractivity contribution in [3.05, 3.63) is 63.8 Å². The molecule has 2 aliphatic rings. The zero-order chi connectivity index (χ0) is 24.9. The number of ketones is 1. The van der Waals surface area contributed by atoms with Gasteiger partial charge >= 0.3 is 0 Å². The third-order valence-electron chi connectivity index (χ3n) is 6.75. The third-order valence-corrected chi connectivity index (χ3v) is 7.00. The molecule has 0 saturated carbocycles. The van der Waals surface area contributed by atoms with Crippen LogP contribution in [0.5, 0.6) is 17.2 Å². The van der Waals surface area contributed by atoms with Crippen molar-refractivity contribution in [2.75, 3.05) is 26.6 Å². The van der Waals surface area contributed by atoms with Gasteiger partial charge in [-0.2, -0.15) is 5.10 Å². The summed E-state index contributed by atoms with van der Waals surface area (Å²) >= 11 is 6.15. The summed E-state index contributed by atoms with van der Waals surface area (Å²) in [5, 5.41) is 11.9. The van der Waals surface area contributed by atoms with Gasteiger partial charge in [0.15, 0.2) is 23.1 Å². The van der Waals surface area contributed by atoms with Crippen molar-refractivity contribution in [3.8, 4) is 28.5 Å². The van der Waals surface area contributed by atoms with Gasteiger partial charge in [0, 0.05) is 51.4 Å². The lowest BCUT2D eigenvalue weighted by atomic mass is 9.68. The third kappa shape index (κ3) is 3.93. The van der Waals surface area contributed by atoms with Crippen LogP contribution in [0.2, 0.25) is 5.02 Å². The Balaban J connectivity index is 1.79. The van der Waals surface area contributed by atoms with E-state index in [0.29, 0.717) is 34.5 Å². The first-order valence-corrected chi connectivity index (χ1v) is 11.8. The Labute approximate surface area is 209 Å². The van der Waals surface area contributed by atoms with Gasteiger partial charge in [-0.3, -0.25) is 9.89 Å². The molecule has 0 bridgehead atoms. The number of carbonyl (C=O) groups is 1. The minimum absolute atomic E-state index is 0.111. The number of benzene rings is 2. The number of carbonyl (C=O) groups excluding carboxylic acids is 1. The van der Waals surface area contributed by atoms with E-state index in [-0.39, 0.29) is 11.2 Å². The first-order chi connectivity index (χ1) is 16.8. The van der Waals surface area contributed by atoms with Crippen LogP contribution in [-0.2, 0) is 4.79 Å². The number of H-pyrrole nitrogens is 1. The predicted molar refractivity (Wildman–Crippen MR) is 136 cm³/mol. The van der Waals surface area contributed by atoms with Crippen molar-refractivity contribution in [1.82, 2.24) is 10.2 Å². The van der Waals surface area contributed by atoms with Crippen LogP contribution in [0.25, 0.3) is 11.3 Å². The second kappa shape index (κ2) is 8.64.